The van der Waals surface area contributed by atoms with Crippen LogP contribution in [-0.4, -0.2) is 31.4 Å². The van der Waals surface area contributed by atoms with E-state index in [-0.39, 0.29) is 0 Å². The summed E-state index contributed by atoms with van der Waals surface area (Å²) in [6, 6.07) is 8.76. The number of benzene rings is 1. The summed E-state index contributed by atoms with van der Waals surface area (Å²) in [5.41, 5.74) is 2.63. The van der Waals surface area contributed by atoms with Crippen LogP contribution in [0.25, 0.3) is 6.08 Å². The summed E-state index contributed by atoms with van der Waals surface area (Å²) in [7, 11) is -6.00. The Bertz CT molecular complexity index is 396. The lowest BCUT2D eigenvalue weighted by Gasteiger charge is -2.35. The number of rotatable bonds is 6. The van der Waals surface area contributed by atoms with Crippen LogP contribution in [-0.2, 0) is 6.54 Å². The van der Waals surface area contributed by atoms with Crippen LogP contribution in [0.1, 0.15) is 31.9 Å². The van der Waals surface area contributed by atoms with E-state index in [9.17, 15) is 17.3 Å². The lowest BCUT2D eigenvalue weighted by atomic mass is 10.1. The molecule has 6 heteroatoms. The molecule has 0 fully saturated rings. The van der Waals surface area contributed by atoms with Crippen LogP contribution < -0.4 is 0 Å². The van der Waals surface area contributed by atoms with Crippen molar-refractivity contribution in [2.75, 3.05) is 19.6 Å². The Balaban J connectivity index is 0.000000690. The van der Waals surface area contributed by atoms with Gasteiger partial charge in [-0.15, -0.1) is 0 Å². The van der Waals surface area contributed by atoms with E-state index in [0.29, 0.717) is 0 Å². The van der Waals surface area contributed by atoms with Crippen LogP contribution in [0.3, 0.4) is 0 Å². The molecule has 0 saturated carbocycles. The molecule has 0 radical (unpaired) electrons. The summed E-state index contributed by atoms with van der Waals surface area (Å²) < 4.78 is 40.2. The number of quaternary nitrogens is 1. The molecule has 21 heavy (non-hydrogen) atoms. The Morgan fingerprint density at radius 2 is 1.33 bits per heavy atom. The number of halogens is 4. The first-order valence-electron chi connectivity index (χ1n) is 7.13. The minimum absolute atomic E-state index is 1.14. The molecule has 1 nitrogen and oxygen atoms in total. The molecule has 0 bridgehead atoms. The smallest absolute Gasteiger partial charge is 0.418 e. The van der Waals surface area contributed by atoms with Gasteiger partial charge in [0.2, 0.25) is 0 Å². The van der Waals surface area contributed by atoms with Gasteiger partial charge in [-0.1, -0.05) is 36.9 Å². The summed E-state index contributed by atoms with van der Waals surface area (Å²) in [6.45, 7) is 15.4. The van der Waals surface area contributed by atoms with Gasteiger partial charge in [-0.05, 0) is 26.3 Å². The molecule has 0 saturated heterocycles. The van der Waals surface area contributed by atoms with E-state index >= 15 is 0 Å². The van der Waals surface area contributed by atoms with E-state index in [4.69, 9.17) is 0 Å². The first-order chi connectivity index (χ1) is 9.69. The molecular formula is C15H24BF4N. The van der Waals surface area contributed by atoms with Gasteiger partial charge in [-0.25, -0.2) is 0 Å². The van der Waals surface area contributed by atoms with E-state index in [0.717, 1.165) is 6.54 Å². The lowest BCUT2D eigenvalue weighted by molar-refractivity contribution is -0.936. The second kappa shape index (κ2) is 8.87. The third kappa shape index (κ3) is 8.55. The van der Waals surface area contributed by atoms with Crippen molar-refractivity contribution >= 4 is 13.3 Å². The second-order valence-corrected chi connectivity index (χ2v) is 4.89. The fraction of sp³-hybridized carbons (Fsp3) is 0.467. The van der Waals surface area contributed by atoms with Crippen molar-refractivity contribution in [2.24, 2.45) is 0 Å². The third-order valence-corrected chi connectivity index (χ3v) is 3.75. The molecular weight excluding hydrogens is 281 g/mol. The number of hydrogen-bond acceptors (Lipinski definition) is 0. The second-order valence-electron chi connectivity index (χ2n) is 4.89. The predicted molar refractivity (Wildman–Crippen MR) is 82.3 cm³/mol. The molecule has 0 aliphatic heterocycles. The SMILES string of the molecule is C=Cc1ccc(C[N+](CC)(CC)CC)cc1.F[B-](F)(F)F. The summed E-state index contributed by atoms with van der Waals surface area (Å²) in [5.74, 6) is 0. The van der Waals surface area contributed by atoms with E-state index in [1.165, 1.54) is 35.2 Å². The molecule has 0 atom stereocenters. The van der Waals surface area contributed by atoms with Crippen LogP contribution in [0.4, 0.5) is 17.3 Å². The zero-order valence-corrected chi connectivity index (χ0v) is 13.0. The van der Waals surface area contributed by atoms with E-state index in [2.05, 4.69) is 51.6 Å². The molecule has 0 aliphatic carbocycles. The maximum absolute atomic E-state index is 9.75. The van der Waals surface area contributed by atoms with Gasteiger partial charge in [-0.3, -0.25) is 0 Å². The zero-order chi connectivity index (χ0) is 16.5. The van der Waals surface area contributed by atoms with E-state index < -0.39 is 7.25 Å². The average molecular weight is 305 g/mol. The van der Waals surface area contributed by atoms with Crippen LogP contribution in [0, 0.1) is 0 Å². The predicted octanol–water partition coefficient (Wildman–Crippen LogP) is 5.01. The largest absolute Gasteiger partial charge is 0.673 e. The van der Waals surface area contributed by atoms with Gasteiger partial charge < -0.3 is 21.7 Å². The summed E-state index contributed by atoms with van der Waals surface area (Å²) in [4.78, 5) is 0. The Hall–Kier alpha value is -1.30. The number of nitrogens with zero attached hydrogens (tertiary/aromatic N) is 1. The van der Waals surface area contributed by atoms with Gasteiger partial charge in [0, 0.05) is 5.56 Å². The highest BCUT2D eigenvalue weighted by molar-refractivity contribution is 6.50. The minimum atomic E-state index is -6.00. The Kier molecular flexibility index (Phi) is 8.33. The van der Waals surface area contributed by atoms with Gasteiger partial charge >= 0.3 is 7.25 Å². The van der Waals surface area contributed by atoms with Crippen LogP contribution in [0.2, 0.25) is 0 Å². The normalized spacial score (nSPS) is 11.6. The van der Waals surface area contributed by atoms with Gasteiger partial charge in [0.1, 0.15) is 6.54 Å². The summed E-state index contributed by atoms with van der Waals surface area (Å²) >= 11 is 0. The maximum Gasteiger partial charge on any atom is 0.673 e. The molecule has 1 aromatic rings. The standard InChI is InChI=1S/C15H24N.BF4/c1-5-14-9-11-15(12-10-14)13-16(6-2,7-3)8-4;2-1(3,4)5/h5,9-12H,1,6-8,13H2,2-4H3;/q+1;-1. The van der Waals surface area contributed by atoms with Crippen molar-refractivity contribution in [3.8, 4) is 0 Å². The molecule has 0 heterocycles. The molecule has 0 aromatic heterocycles. The third-order valence-electron chi connectivity index (χ3n) is 3.75. The zero-order valence-electron chi connectivity index (χ0n) is 13.0. The Labute approximate surface area is 125 Å². The summed E-state index contributed by atoms with van der Waals surface area (Å²) in [6.07, 6.45) is 1.89. The van der Waals surface area contributed by atoms with Gasteiger partial charge in [0.25, 0.3) is 0 Å². The average Bonchev–Trinajstić information content (AvgIpc) is 2.44. The Morgan fingerprint density at radius 3 is 1.62 bits per heavy atom. The molecule has 1 rings (SSSR count). The van der Waals surface area contributed by atoms with Crippen LogP contribution in [0.5, 0.6) is 0 Å². The highest BCUT2D eigenvalue weighted by Gasteiger charge is 2.21. The fourth-order valence-electron chi connectivity index (χ4n) is 2.15. The van der Waals surface area contributed by atoms with Crippen molar-refractivity contribution in [2.45, 2.75) is 27.3 Å². The molecule has 0 N–H and O–H groups in total. The van der Waals surface area contributed by atoms with Gasteiger partial charge in [0.05, 0.1) is 19.6 Å². The van der Waals surface area contributed by atoms with Crippen molar-refractivity contribution in [3.05, 3.63) is 42.0 Å². The molecule has 0 spiro atoms. The number of hydrogen-bond donors (Lipinski definition) is 0. The first kappa shape index (κ1) is 19.7. The van der Waals surface area contributed by atoms with Crippen molar-refractivity contribution in [1.82, 2.24) is 0 Å². The van der Waals surface area contributed by atoms with E-state index in [1.807, 2.05) is 6.08 Å². The van der Waals surface area contributed by atoms with Gasteiger partial charge in [-0.2, -0.15) is 0 Å². The van der Waals surface area contributed by atoms with Gasteiger partial charge in [0.15, 0.2) is 0 Å². The molecule has 0 amide bonds. The monoisotopic (exact) mass is 305 g/mol. The fourth-order valence-corrected chi connectivity index (χ4v) is 2.15. The first-order valence-corrected chi connectivity index (χ1v) is 7.13. The molecule has 120 valence electrons. The van der Waals surface area contributed by atoms with Crippen molar-refractivity contribution < 1.29 is 21.7 Å². The summed E-state index contributed by atoms with van der Waals surface area (Å²) in [5, 5.41) is 0. The molecule has 1 aromatic carbocycles. The highest BCUT2D eigenvalue weighted by atomic mass is 19.5. The topological polar surface area (TPSA) is 0 Å². The van der Waals surface area contributed by atoms with Crippen LogP contribution >= 0.6 is 0 Å². The Morgan fingerprint density at radius 1 is 0.952 bits per heavy atom. The van der Waals surface area contributed by atoms with Crippen molar-refractivity contribution in [1.29, 1.82) is 0 Å². The highest BCUT2D eigenvalue weighted by Crippen LogP contribution is 2.15. The molecule has 0 unspecified atom stereocenters. The van der Waals surface area contributed by atoms with E-state index in [1.54, 1.807) is 0 Å². The molecule has 0 aliphatic rings. The van der Waals surface area contributed by atoms with Crippen LogP contribution in [0.15, 0.2) is 30.8 Å². The lowest BCUT2D eigenvalue weighted by Crippen LogP contribution is -2.46. The maximum atomic E-state index is 9.75. The van der Waals surface area contributed by atoms with Crippen molar-refractivity contribution in [3.63, 3.8) is 0 Å². The minimum Gasteiger partial charge on any atom is -0.418 e. The quantitative estimate of drug-likeness (QED) is 0.394.